The highest BCUT2D eigenvalue weighted by molar-refractivity contribution is 9.10. The zero-order valence-electron chi connectivity index (χ0n) is 10.6. The van der Waals surface area contributed by atoms with Crippen molar-refractivity contribution in [1.29, 1.82) is 0 Å². The number of carbonyl (C=O) groups is 2. The molecular formula is C12H15BrN2O4. The van der Waals surface area contributed by atoms with Crippen LogP contribution < -0.4 is 15.4 Å². The molecule has 1 atom stereocenters. The molecule has 0 fully saturated rings. The van der Waals surface area contributed by atoms with Crippen LogP contribution in [0, 0.1) is 5.92 Å². The minimum Gasteiger partial charge on any atom is -0.495 e. The van der Waals surface area contributed by atoms with E-state index in [-0.39, 0.29) is 6.54 Å². The third-order valence-electron chi connectivity index (χ3n) is 2.40. The highest BCUT2D eigenvalue weighted by Crippen LogP contribution is 2.27. The first kappa shape index (κ1) is 15.3. The van der Waals surface area contributed by atoms with Crippen LogP contribution in [-0.4, -0.2) is 30.8 Å². The number of hydrogen-bond donors (Lipinski definition) is 3. The number of methoxy groups -OCH3 is 1. The highest BCUT2D eigenvalue weighted by Gasteiger charge is 2.12. The smallest absolute Gasteiger partial charge is 0.319 e. The predicted octanol–water partition coefficient (Wildman–Crippen LogP) is 2.30. The van der Waals surface area contributed by atoms with Crippen LogP contribution in [0.1, 0.15) is 6.92 Å². The number of nitrogens with one attached hydrogen (secondary N) is 2. The van der Waals surface area contributed by atoms with Crippen molar-refractivity contribution >= 4 is 33.6 Å². The normalized spacial score (nSPS) is 11.5. The molecule has 0 bridgehead atoms. The number of amides is 2. The number of anilines is 1. The summed E-state index contributed by atoms with van der Waals surface area (Å²) in [7, 11) is 1.53. The van der Waals surface area contributed by atoms with Crippen LogP contribution >= 0.6 is 15.9 Å². The Bertz CT molecular complexity index is 479. The second-order valence-electron chi connectivity index (χ2n) is 3.92. The second kappa shape index (κ2) is 6.98. The van der Waals surface area contributed by atoms with Gasteiger partial charge in [-0.1, -0.05) is 6.92 Å². The van der Waals surface area contributed by atoms with Crippen molar-refractivity contribution in [2.24, 2.45) is 5.92 Å². The fourth-order valence-corrected chi connectivity index (χ4v) is 1.65. The summed E-state index contributed by atoms with van der Waals surface area (Å²) in [4.78, 5) is 22.2. The minimum absolute atomic E-state index is 0.0643. The van der Waals surface area contributed by atoms with Crippen LogP contribution in [0.25, 0.3) is 0 Å². The van der Waals surface area contributed by atoms with Gasteiger partial charge in [0.05, 0.1) is 17.5 Å². The van der Waals surface area contributed by atoms with Crippen molar-refractivity contribution in [1.82, 2.24) is 5.32 Å². The summed E-state index contributed by atoms with van der Waals surface area (Å²) >= 11 is 3.30. The van der Waals surface area contributed by atoms with Crippen LogP contribution in [0.15, 0.2) is 22.7 Å². The Morgan fingerprint density at radius 2 is 2.16 bits per heavy atom. The standard InChI is InChI=1S/C12H15BrN2O4/c1-7(11(16)17)6-14-12(18)15-8-3-4-9(13)10(5-8)19-2/h3-5,7H,6H2,1-2H3,(H,16,17)(H2,14,15,18). The second-order valence-corrected chi connectivity index (χ2v) is 4.78. The summed E-state index contributed by atoms with van der Waals surface area (Å²) in [5.74, 6) is -0.993. The van der Waals surface area contributed by atoms with E-state index in [1.54, 1.807) is 18.2 Å². The van der Waals surface area contributed by atoms with Gasteiger partial charge in [-0.2, -0.15) is 0 Å². The fourth-order valence-electron chi connectivity index (χ4n) is 1.25. The topological polar surface area (TPSA) is 87.7 Å². The van der Waals surface area contributed by atoms with Gasteiger partial charge in [0.1, 0.15) is 5.75 Å². The van der Waals surface area contributed by atoms with Crippen molar-refractivity contribution in [3.8, 4) is 5.75 Å². The molecule has 0 aromatic heterocycles. The maximum Gasteiger partial charge on any atom is 0.319 e. The molecular weight excluding hydrogens is 316 g/mol. The van der Waals surface area contributed by atoms with Gasteiger partial charge in [0.25, 0.3) is 0 Å². The summed E-state index contributed by atoms with van der Waals surface area (Å²) in [5.41, 5.74) is 0.556. The van der Waals surface area contributed by atoms with Crippen LogP contribution in [0.4, 0.5) is 10.5 Å². The molecule has 0 spiro atoms. The van der Waals surface area contributed by atoms with E-state index in [1.807, 2.05) is 0 Å². The lowest BCUT2D eigenvalue weighted by molar-refractivity contribution is -0.140. The van der Waals surface area contributed by atoms with Crippen molar-refractivity contribution in [3.05, 3.63) is 22.7 Å². The first-order valence-corrected chi connectivity index (χ1v) is 6.34. The molecule has 0 saturated carbocycles. The number of aliphatic carboxylic acids is 1. The summed E-state index contributed by atoms with van der Waals surface area (Å²) in [6.45, 7) is 1.58. The number of carboxylic acid groups (broad SMARTS) is 1. The molecule has 1 unspecified atom stereocenters. The quantitative estimate of drug-likeness (QED) is 0.773. The number of carbonyl (C=O) groups excluding carboxylic acids is 1. The number of ether oxygens (including phenoxy) is 1. The van der Waals surface area contributed by atoms with Gasteiger partial charge in [0.15, 0.2) is 0 Å². The van der Waals surface area contributed by atoms with Crippen molar-refractivity contribution in [3.63, 3.8) is 0 Å². The molecule has 0 radical (unpaired) electrons. The molecule has 0 heterocycles. The molecule has 0 aliphatic carbocycles. The number of hydrogen-bond acceptors (Lipinski definition) is 3. The Morgan fingerprint density at radius 3 is 2.74 bits per heavy atom. The third-order valence-corrected chi connectivity index (χ3v) is 3.05. The van der Waals surface area contributed by atoms with E-state index in [9.17, 15) is 9.59 Å². The monoisotopic (exact) mass is 330 g/mol. The lowest BCUT2D eigenvalue weighted by Gasteiger charge is -2.11. The molecule has 0 saturated heterocycles. The Hall–Kier alpha value is -1.76. The molecule has 7 heteroatoms. The maximum absolute atomic E-state index is 11.6. The molecule has 1 rings (SSSR count). The fraction of sp³-hybridized carbons (Fsp3) is 0.333. The lowest BCUT2D eigenvalue weighted by atomic mass is 10.2. The molecule has 1 aromatic rings. The lowest BCUT2D eigenvalue weighted by Crippen LogP contribution is -2.34. The summed E-state index contributed by atoms with van der Waals surface area (Å²) < 4.78 is 5.88. The predicted molar refractivity (Wildman–Crippen MR) is 74.5 cm³/mol. The van der Waals surface area contributed by atoms with E-state index in [0.717, 1.165) is 4.47 Å². The Labute approximate surface area is 119 Å². The van der Waals surface area contributed by atoms with E-state index in [0.29, 0.717) is 11.4 Å². The molecule has 1 aromatic carbocycles. The van der Waals surface area contributed by atoms with Gasteiger partial charge in [-0.05, 0) is 28.1 Å². The van der Waals surface area contributed by atoms with E-state index in [4.69, 9.17) is 9.84 Å². The van der Waals surface area contributed by atoms with Gasteiger partial charge in [-0.15, -0.1) is 0 Å². The van der Waals surface area contributed by atoms with Crippen LogP contribution in [0.3, 0.4) is 0 Å². The Balaban J connectivity index is 2.55. The summed E-state index contributed by atoms with van der Waals surface area (Å²) in [6, 6.07) is 4.64. The third kappa shape index (κ3) is 4.78. The first-order valence-electron chi connectivity index (χ1n) is 5.55. The molecule has 0 aliphatic rings. The average molecular weight is 331 g/mol. The molecule has 2 amide bonds. The maximum atomic E-state index is 11.6. The van der Waals surface area contributed by atoms with E-state index in [2.05, 4.69) is 26.6 Å². The van der Waals surface area contributed by atoms with E-state index >= 15 is 0 Å². The van der Waals surface area contributed by atoms with Gasteiger partial charge in [-0.25, -0.2) is 4.79 Å². The van der Waals surface area contributed by atoms with Gasteiger partial charge in [0, 0.05) is 18.3 Å². The first-order chi connectivity index (χ1) is 8.93. The van der Waals surface area contributed by atoms with E-state index in [1.165, 1.54) is 14.0 Å². The summed E-state index contributed by atoms with van der Waals surface area (Å²) in [6.07, 6.45) is 0. The van der Waals surface area contributed by atoms with Gasteiger partial charge >= 0.3 is 12.0 Å². The van der Waals surface area contributed by atoms with E-state index < -0.39 is 17.9 Å². The molecule has 0 aliphatic heterocycles. The SMILES string of the molecule is COc1cc(NC(=O)NCC(C)C(=O)O)ccc1Br. The van der Waals surface area contributed by atoms with Crippen LogP contribution in [0.2, 0.25) is 0 Å². The average Bonchev–Trinajstić information content (AvgIpc) is 2.38. The molecule has 19 heavy (non-hydrogen) atoms. The van der Waals surface area contributed by atoms with Crippen molar-refractivity contribution < 1.29 is 19.4 Å². The molecule has 3 N–H and O–H groups in total. The van der Waals surface area contributed by atoms with Gasteiger partial charge in [-0.3, -0.25) is 4.79 Å². The zero-order valence-corrected chi connectivity index (χ0v) is 12.2. The molecule has 6 nitrogen and oxygen atoms in total. The largest absolute Gasteiger partial charge is 0.495 e. The Morgan fingerprint density at radius 1 is 1.47 bits per heavy atom. The zero-order chi connectivity index (χ0) is 14.4. The number of rotatable bonds is 5. The Kier molecular flexibility index (Phi) is 5.62. The van der Waals surface area contributed by atoms with Crippen LogP contribution in [0.5, 0.6) is 5.75 Å². The van der Waals surface area contributed by atoms with Gasteiger partial charge in [0.2, 0.25) is 0 Å². The minimum atomic E-state index is -0.953. The number of carboxylic acids is 1. The van der Waals surface area contributed by atoms with Crippen molar-refractivity contribution in [2.75, 3.05) is 19.0 Å². The van der Waals surface area contributed by atoms with Crippen LogP contribution in [-0.2, 0) is 4.79 Å². The highest BCUT2D eigenvalue weighted by atomic mass is 79.9. The molecule has 104 valence electrons. The van der Waals surface area contributed by atoms with Gasteiger partial charge < -0.3 is 20.5 Å². The number of halogens is 1. The number of benzene rings is 1. The van der Waals surface area contributed by atoms with Crippen molar-refractivity contribution in [2.45, 2.75) is 6.92 Å². The summed E-state index contributed by atoms with van der Waals surface area (Å²) in [5, 5.41) is 13.8. The number of urea groups is 1.